The van der Waals surface area contributed by atoms with Crippen LogP contribution in [-0.4, -0.2) is 31.6 Å². The Kier molecular flexibility index (Phi) is 5.14. The summed E-state index contributed by atoms with van der Waals surface area (Å²) < 4.78 is 14.2. The van der Waals surface area contributed by atoms with Gasteiger partial charge < -0.3 is 19.2 Å². The van der Waals surface area contributed by atoms with Crippen LogP contribution in [0.15, 0.2) is 41.0 Å². The van der Waals surface area contributed by atoms with E-state index in [1.54, 1.807) is 19.1 Å². The molecule has 0 fully saturated rings. The van der Waals surface area contributed by atoms with Crippen molar-refractivity contribution in [3.8, 4) is 0 Å². The Morgan fingerprint density at radius 2 is 2.00 bits per heavy atom. The molecule has 1 amide bonds. The van der Waals surface area contributed by atoms with Crippen LogP contribution >= 0.6 is 0 Å². The summed E-state index contributed by atoms with van der Waals surface area (Å²) in [6.07, 6.45) is 1.39. The molecule has 0 atom stereocenters. The van der Waals surface area contributed by atoms with Gasteiger partial charge in [0.2, 0.25) is 0 Å². The topological polar surface area (TPSA) is 94.8 Å². The minimum absolute atomic E-state index is 0.156. The second-order valence-electron chi connectivity index (χ2n) is 4.61. The van der Waals surface area contributed by atoms with Crippen LogP contribution < -0.4 is 5.32 Å². The molecule has 1 heterocycles. The lowest BCUT2D eigenvalue weighted by Gasteiger charge is -2.09. The lowest BCUT2D eigenvalue weighted by Crippen LogP contribution is -2.16. The van der Waals surface area contributed by atoms with Crippen LogP contribution in [0.2, 0.25) is 0 Å². The zero-order valence-corrected chi connectivity index (χ0v) is 12.6. The van der Waals surface area contributed by atoms with Crippen molar-refractivity contribution in [3.63, 3.8) is 0 Å². The quantitative estimate of drug-likeness (QED) is 0.849. The molecule has 0 bridgehead atoms. The molecule has 1 N–H and O–H groups in total. The number of hydrogen-bond acceptors (Lipinski definition) is 6. The third-order valence-electron chi connectivity index (χ3n) is 3.02. The number of nitrogens with one attached hydrogen (secondary N) is 1. The van der Waals surface area contributed by atoms with Gasteiger partial charge in [0.05, 0.1) is 18.9 Å². The van der Waals surface area contributed by atoms with E-state index < -0.39 is 24.5 Å². The minimum Gasteiger partial charge on any atom is -0.466 e. The third kappa shape index (κ3) is 4.19. The van der Waals surface area contributed by atoms with E-state index in [4.69, 9.17) is 9.15 Å². The molecule has 0 saturated heterocycles. The molecule has 0 aliphatic rings. The second-order valence-corrected chi connectivity index (χ2v) is 4.61. The number of hydrogen-bond donors (Lipinski definition) is 1. The highest BCUT2D eigenvalue weighted by molar-refractivity contribution is 6.03. The largest absolute Gasteiger partial charge is 0.466 e. The number of benzene rings is 1. The van der Waals surface area contributed by atoms with Crippen molar-refractivity contribution < 1.29 is 28.3 Å². The van der Waals surface area contributed by atoms with Crippen LogP contribution in [0.3, 0.4) is 0 Å². The van der Waals surface area contributed by atoms with Gasteiger partial charge in [-0.2, -0.15) is 0 Å². The number of aryl methyl sites for hydroxylation is 1. The molecule has 2 rings (SSSR count). The monoisotopic (exact) mass is 317 g/mol. The second kappa shape index (κ2) is 7.26. The van der Waals surface area contributed by atoms with Gasteiger partial charge in [-0.25, -0.2) is 9.59 Å². The number of amides is 1. The summed E-state index contributed by atoms with van der Waals surface area (Å²) in [5, 5.41) is 2.65. The van der Waals surface area contributed by atoms with E-state index in [1.165, 1.54) is 31.6 Å². The fourth-order valence-corrected chi connectivity index (χ4v) is 1.74. The fraction of sp³-hybridized carbons (Fsp3) is 0.188. The first-order chi connectivity index (χ1) is 11.0. The Hall–Kier alpha value is -3.09. The zero-order chi connectivity index (χ0) is 16.8. The summed E-state index contributed by atoms with van der Waals surface area (Å²) >= 11 is 0. The van der Waals surface area contributed by atoms with E-state index in [1.807, 2.05) is 0 Å². The first-order valence-electron chi connectivity index (χ1n) is 6.70. The van der Waals surface area contributed by atoms with Crippen molar-refractivity contribution >= 4 is 23.5 Å². The first kappa shape index (κ1) is 16.3. The van der Waals surface area contributed by atoms with Crippen LogP contribution in [0.5, 0.6) is 0 Å². The number of carbonyl (C=O) groups excluding carboxylic acids is 3. The lowest BCUT2D eigenvalue weighted by molar-refractivity contribution is -0.144. The van der Waals surface area contributed by atoms with E-state index in [2.05, 4.69) is 10.1 Å². The summed E-state index contributed by atoms with van der Waals surface area (Å²) in [6.45, 7) is 1.30. The summed E-state index contributed by atoms with van der Waals surface area (Å²) in [6, 6.07) is 7.79. The van der Waals surface area contributed by atoms with Crippen molar-refractivity contribution in [1.29, 1.82) is 0 Å². The van der Waals surface area contributed by atoms with Gasteiger partial charge in [0.25, 0.3) is 5.91 Å². The van der Waals surface area contributed by atoms with E-state index in [0.717, 1.165) is 5.56 Å². The van der Waals surface area contributed by atoms with Crippen LogP contribution in [0, 0.1) is 6.92 Å². The van der Waals surface area contributed by atoms with Gasteiger partial charge >= 0.3 is 11.9 Å². The van der Waals surface area contributed by atoms with E-state index >= 15 is 0 Å². The summed E-state index contributed by atoms with van der Waals surface area (Å²) in [5.41, 5.74) is 1.41. The maximum Gasteiger partial charge on any atom is 0.344 e. The maximum atomic E-state index is 12.0. The SMILES string of the molecule is COC(=O)COC(=O)c1ccc(C)c(NC(=O)c2ccco2)c1. The number of esters is 2. The van der Waals surface area contributed by atoms with Crippen LogP contribution in [0.4, 0.5) is 5.69 Å². The molecular weight excluding hydrogens is 302 g/mol. The standard InChI is InChI=1S/C16H15NO6/c1-10-5-6-11(16(20)23-9-14(18)21-2)8-12(10)17-15(19)13-4-3-7-22-13/h3-8H,9H2,1-2H3,(H,17,19). The van der Waals surface area contributed by atoms with Crippen molar-refractivity contribution in [2.75, 3.05) is 19.0 Å². The van der Waals surface area contributed by atoms with Gasteiger partial charge in [0.15, 0.2) is 12.4 Å². The number of carbonyl (C=O) groups is 3. The van der Waals surface area contributed by atoms with Crippen molar-refractivity contribution in [3.05, 3.63) is 53.5 Å². The highest BCUT2D eigenvalue weighted by Gasteiger charge is 2.14. The van der Waals surface area contributed by atoms with E-state index in [9.17, 15) is 14.4 Å². The van der Waals surface area contributed by atoms with Gasteiger partial charge in [0, 0.05) is 5.69 Å². The Morgan fingerprint density at radius 1 is 1.22 bits per heavy atom. The number of methoxy groups -OCH3 is 1. The summed E-state index contributed by atoms with van der Waals surface area (Å²) in [7, 11) is 1.20. The molecule has 0 radical (unpaired) electrons. The maximum absolute atomic E-state index is 12.0. The molecule has 120 valence electrons. The number of rotatable bonds is 5. The van der Waals surface area contributed by atoms with Crippen molar-refractivity contribution in [1.82, 2.24) is 0 Å². The molecular formula is C16H15NO6. The molecule has 0 spiro atoms. The molecule has 2 aromatic rings. The molecule has 0 unspecified atom stereocenters. The molecule has 0 aliphatic carbocycles. The average molecular weight is 317 g/mol. The Labute approximate surface area is 132 Å². The van der Waals surface area contributed by atoms with Gasteiger partial charge in [-0.3, -0.25) is 4.79 Å². The number of anilines is 1. The summed E-state index contributed by atoms with van der Waals surface area (Å²) in [4.78, 5) is 34.8. The highest BCUT2D eigenvalue weighted by atomic mass is 16.6. The van der Waals surface area contributed by atoms with Crippen LogP contribution in [0.1, 0.15) is 26.5 Å². The Morgan fingerprint density at radius 3 is 2.65 bits per heavy atom. The van der Waals surface area contributed by atoms with Gasteiger partial charge in [-0.05, 0) is 36.8 Å². The molecule has 0 aliphatic heterocycles. The molecule has 0 saturated carbocycles. The average Bonchev–Trinajstić information content (AvgIpc) is 3.08. The molecule has 7 nitrogen and oxygen atoms in total. The van der Waals surface area contributed by atoms with Gasteiger partial charge in [-0.15, -0.1) is 0 Å². The highest BCUT2D eigenvalue weighted by Crippen LogP contribution is 2.19. The van der Waals surface area contributed by atoms with Crippen molar-refractivity contribution in [2.45, 2.75) is 6.92 Å². The Balaban J connectivity index is 2.10. The lowest BCUT2D eigenvalue weighted by atomic mass is 10.1. The predicted octanol–water partition coefficient (Wildman–Crippen LogP) is 2.17. The number of furan rings is 1. The molecule has 1 aromatic carbocycles. The normalized spacial score (nSPS) is 10.0. The van der Waals surface area contributed by atoms with Crippen LogP contribution in [-0.2, 0) is 14.3 Å². The van der Waals surface area contributed by atoms with Crippen LogP contribution in [0.25, 0.3) is 0 Å². The van der Waals surface area contributed by atoms with Crippen molar-refractivity contribution in [2.24, 2.45) is 0 Å². The molecule has 7 heteroatoms. The fourth-order valence-electron chi connectivity index (χ4n) is 1.74. The molecule has 23 heavy (non-hydrogen) atoms. The third-order valence-corrected chi connectivity index (χ3v) is 3.02. The molecule has 1 aromatic heterocycles. The zero-order valence-electron chi connectivity index (χ0n) is 12.6. The minimum atomic E-state index is -0.691. The Bertz CT molecular complexity index is 720. The van der Waals surface area contributed by atoms with Gasteiger partial charge in [0.1, 0.15) is 0 Å². The van der Waals surface area contributed by atoms with E-state index in [-0.39, 0.29) is 11.3 Å². The summed E-state index contributed by atoms with van der Waals surface area (Å²) in [5.74, 6) is -1.62. The van der Waals surface area contributed by atoms with E-state index in [0.29, 0.717) is 5.69 Å². The first-order valence-corrected chi connectivity index (χ1v) is 6.70. The predicted molar refractivity (Wildman–Crippen MR) is 80.1 cm³/mol. The smallest absolute Gasteiger partial charge is 0.344 e. The number of ether oxygens (including phenoxy) is 2. The van der Waals surface area contributed by atoms with Gasteiger partial charge in [-0.1, -0.05) is 6.07 Å².